The van der Waals surface area contributed by atoms with Crippen molar-refractivity contribution in [3.8, 4) is 5.75 Å². The van der Waals surface area contributed by atoms with Gasteiger partial charge >= 0.3 is 0 Å². The van der Waals surface area contributed by atoms with Crippen molar-refractivity contribution in [2.24, 2.45) is 0 Å². The van der Waals surface area contributed by atoms with Crippen LogP contribution >= 0.6 is 11.6 Å². The Morgan fingerprint density at radius 1 is 1.44 bits per heavy atom. The zero-order valence-electron chi connectivity index (χ0n) is 8.82. The molecular formula is C11H12ClF2NO. The van der Waals surface area contributed by atoms with Crippen molar-refractivity contribution in [1.29, 1.82) is 0 Å². The molecule has 1 aliphatic rings. The van der Waals surface area contributed by atoms with E-state index in [0.29, 0.717) is 5.56 Å². The molecule has 16 heavy (non-hydrogen) atoms. The topological polar surface area (TPSA) is 21.3 Å². The van der Waals surface area contributed by atoms with Crippen molar-refractivity contribution in [2.45, 2.75) is 18.9 Å². The molecule has 0 aliphatic carbocycles. The lowest BCUT2D eigenvalue weighted by molar-refractivity contribution is 0.355. The third-order valence-electron chi connectivity index (χ3n) is 2.78. The summed E-state index contributed by atoms with van der Waals surface area (Å²) in [5.74, 6) is -1.91. The molecular weight excluding hydrogens is 236 g/mol. The van der Waals surface area contributed by atoms with Crippen LogP contribution in [0.25, 0.3) is 0 Å². The summed E-state index contributed by atoms with van der Waals surface area (Å²) in [5, 5.41) is 3.03. The van der Waals surface area contributed by atoms with Crippen LogP contribution in [-0.4, -0.2) is 13.7 Å². The van der Waals surface area contributed by atoms with Crippen LogP contribution in [0.3, 0.4) is 0 Å². The molecule has 1 atom stereocenters. The number of benzene rings is 1. The highest BCUT2D eigenvalue weighted by Crippen LogP contribution is 2.35. The van der Waals surface area contributed by atoms with Crippen LogP contribution in [0.1, 0.15) is 24.4 Å². The molecule has 0 radical (unpaired) electrons. The predicted octanol–water partition coefficient (Wildman–Crippen LogP) is 3.05. The van der Waals surface area contributed by atoms with Gasteiger partial charge in [-0.1, -0.05) is 11.6 Å². The minimum absolute atomic E-state index is 0.105. The molecule has 0 spiro atoms. The Kier molecular flexibility index (Phi) is 3.30. The van der Waals surface area contributed by atoms with E-state index in [9.17, 15) is 8.78 Å². The molecule has 0 aromatic heterocycles. The summed E-state index contributed by atoms with van der Waals surface area (Å²) in [6.07, 6.45) is 1.80. The molecule has 5 heteroatoms. The third kappa shape index (κ3) is 1.87. The monoisotopic (exact) mass is 247 g/mol. The molecule has 2 rings (SSSR count). The van der Waals surface area contributed by atoms with Crippen LogP contribution in [0.15, 0.2) is 6.07 Å². The number of methoxy groups -OCH3 is 1. The minimum atomic E-state index is -0.844. The molecule has 88 valence electrons. The molecule has 1 N–H and O–H groups in total. The standard InChI is InChI=1S/C11H12ClF2NO/c1-16-11-9(13)6(5-7(12)10(11)14)8-3-2-4-15-8/h5,8,15H,2-4H2,1H3. The summed E-state index contributed by atoms with van der Waals surface area (Å²) in [4.78, 5) is 0. The van der Waals surface area contributed by atoms with Gasteiger partial charge < -0.3 is 10.1 Å². The third-order valence-corrected chi connectivity index (χ3v) is 3.06. The first kappa shape index (κ1) is 11.6. The van der Waals surface area contributed by atoms with Crippen molar-refractivity contribution in [2.75, 3.05) is 13.7 Å². The van der Waals surface area contributed by atoms with Crippen molar-refractivity contribution >= 4 is 11.6 Å². The van der Waals surface area contributed by atoms with Crippen molar-refractivity contribution in [3.63, 3.8) is 0 Å². The molecule has 1 saturated heterocycles. The van der Waals surface area contributed by atoms with Gasteiger partial charge in [-0.15, -0.1) is 0 Å². The first-order valence-corrected chi connectivity index (χ1v) is 5.47. The van der Waals surface area contributed by atoms with E-state index in [1.165, 1.54) is 13.2 Å². The molecule has 1 unspecified atom stereocenters. The Morgan fingerprint density at radius 3 is 2.75 bits per heavy atom. The lowest BCUT2D eigenvalue weighted by Gasteiger charge is -2.15. The van der Waals surface area contributed by atoms with E-state index < -0.39 is 17.4 Å². The lowest BCUT2D eigenvalue weighted by Crippen LogP contribution is -2.15. The summed E-state index contributed by atoms with van der Waals surface area (Å²) < 4.78 is 32.0. The highest BCUT2D eigenvalue weighted by molar-refractivity contribution is 6.31. The first-order chi connectivity index (χ1) is 7.65. The Bertz CT molecular complexity index is 405. The molecule has 1 heterocycles. The van der Waals surface area contributed by atoms with Crippen molar-refractivity contribution in [1.82, 2.24) is 5.32 Å². The molecule has 0 saturated carbocycles. The van der Waals surface area contributed by atoms with Gasteiger partial charge in [0.1, 0.15) is 0 Å². The highest BCUT2D eigenvalue weighted by atomic mass is 35.5. The Balaban J connectivity index is 2.49. The first-order valence-electron chi connectivity index (χ1n) is 5.10. The normalized spacial score (nSPS) is 20.1. The maximum absolute atomic E-state index is 13.9. The van der Waals surface area contributed by atoms with Crippen LogP contribution < -0.4 is 10.1 Å². The summed E-state index contributed by atoms with van der Waals surface area (Å²) in [6, 6.07) is 1.23. The zero-order chi connectivity index (χ0) is 11.7. The van der Waals surface area contributed by atoms with Gasteiger partial charge in [-0.05, 0) is 25.5 Å². The van der Waals surface area contributed by atoms with Crippen molar-refractivity contribution in [3.05, 3.63) is 28.3 Å². The van der Waals surface area contributed by atoms with Crippen LogP contribution in [0.4, 0.5) is 8.78 Å². The Morgan fingerprint density at radius 2 is 2.19 bits per heavy atom. The molecule has 1 aromatic rings. The number of hydrogen-bond acceptors (Lipinski definition) is 2. The van der Waals surface area contributed by atoms with E-state index in [-0.39, 0.29) is 11.1 Å². The fraction of sp³-hybridized carbons (Fsp3) is 0.455. The number of ether oxygens (including phenoxy) is 1. The van der Waals surface area contributed by atoms with E-state index in [4.69, 9.17) is 16.3 Å². The van der Waals surface area contributed by atoms with E-state index in [2.05, 4.69) is 5.32 Å². The fourth-order valence-corrected chi connectivity index (χ4v) is 2.19. The second kappa shape index (κ2) is 4.55. The number of halogens is 3. The SMILES string of the molecule is COc1c(F)c(Cl)cc(C2CCCN2)c1F. The van der Waals surface area contributed by atoms with Gasteiger partial charge in [-0.2, -0.15) is 0 Å². The smallest absolute Gasteiger partial charge is 0.192 e. The second-order valence-electron chi connectivity index (χ2n) is 3.76. The molecule has 0 amide bonds. The van der Waals surface area contributed by atoms with Gasteiger partial charge in [0.2, 0.25) is 0 Å². The maximum Gasteiger partial charge on any atom is 0.192 e. The Labute approximate surface area is 97.5 Å². The van der Waals surface area contributed by atoms with Crippen molar-refractivity contribution < 1.29 is 13.5 Å². The quantitative estimate of drug-likeness (QED) is 0.811. The highest BCUT2D eigenvalue weighted by Gasteiger charge is 2.25. The van der Waals surface area contributed by atoms with E-state index in [0.717, 1.165) is 19.4 Å². The van der Waals surface area contributed by atoms with Crippen LogP contribution in [0.2, 0.25) is 5.02 Å². The molecule has 1 fully saturated rings. The maximum atomic E-state index is 13.9. The van der Waals surface area contributed by atoms with Gasteiger partial charge in [0, 0.05) is 11.6 Å². The van der Waals surface area contributed by atoms with E-state index in [1.807, 2.05) is 0 Å². The zero-order valence-corrected chi connectivity index (χ0v) is 9.57. The fourth-order valence-electron chi connectivity index (χ4n) is 1.98. The summed E-state index contributed by atoms with van der Waals surface area (Å²) in [7, 11) is 1.23. The van der Waals surface area contributed by atoms with Crippen LogP contribution in [0, 0.1) is 11.6 Å². The molecule has 0 bridgehead atoms. The van der Waals surface area contributed by atoms with Gasteiger partial charge in [0.15, 0.2) is 17.4 Å². The average Bonchev–Trinajstić information content (AvgIpc) is 2.77. The number of nitrogens with one attached hydrogen (secondary N) is 1. The van der Waals surface area contributed by atoms with E-state index in [1.54, 1.807) is 0 Å². The minimum Gasteiger partial charge on any atom is -0.491 e. The molecule has 1 aliphatic heterocycles. The largest absolute Gasteiger partial charge is 0.491 e. The van der Waals surface area contributed by atoms with Gasteiger partial charge in [0.05, 0.1) is 12.1 Å². The van der Waals surface area contributed by atoms with Gasteiger partial charge in [0.25, 0.3) is 0 Å². The summed E-state index contributed by atoms with van der Waals surface area (Å²) >= 11 is 5.70. The molecule has 2 nitrogen and oxygen atoms in total. The second-order valence-corrected chi connectivity index (χ2v) is 4.16. The average molecular weight is 248 g/mol. The molecule has 1 aromatic carbocycles. The van der Waals surface area contributed by atoms with E-state index >= 15 is 0 Å². The van der Waals surface area contributed by atoms with Gasteiger partial charge in [-0.3, -0.25) is 0 Å². The number of hydrogen-bond donors (Lipinski definition) is 1. The summed E-state index contributed by atoms with van der Waals surface area (Å²) in [5.41, 5.74) is 0.376. The Hall–Kier alpha value is -0.870. The lowest BCUT2D eigenvalue weighted by atomic mass is 10.0. The number of rotatable bonds is 2. The van der Waals surface area contributed by atoms with Crippen LogP contribution in [-0.2, 0) is 0 Å². The summed E-state index contributed by atoms with van der Waals surface area (Å²) in [6.45, 7) is 0.835. The predicted molar refractivity (Wildman–Crippen MR) is 57.9 cm³/mol. The van der Waals surface area contributed by atoms with Gasteiger partial charge in [-0.25, -0.2) is 8.78 Å². The van der Waals surface area contributed by atoms with Crippen LogP contribution in [0.5, 0.6) is 5.75 Å².